The molecule has 0 aliphatic heterocycles. The van der Waals surface area contributed by atoms with Crippen molar-refractivity contribution in [1.29, 1.82) is 0 Å². The van der Waals surface area contributed by atoms with Gasteiger partial charge in [0.15, 0.2) is 0 Å². The van der Waals surface area contributed by atoms with Gasteiger partial charge in [0.1, 0.15) is 5.69 Å². The number of halogens is 3. The fraction of sp³-hybridized carbons (Fsp3) is 0.357. The van der Waals surface area contributed by atoms with Gasteiger partial charge in [-0.3, -0.25) is 4.79 Å². The number of aromatic nitrogens is 3. The van der Waals surface area contributed by atoms with Crippen LogP contribution in [0.1, 0.15) is 35.8 Å². The number of anilines is 1. The van der Waals surface area contributed by atoms with Crippen LogP contribution in [0.2, 0.25) is 0 Å². The van der Waals surface area contributed by atoms with Crippen LogP contribution in [-0.4, -0.2) is 15.0 Å². The Hall–Kier alpha value is -2.38. The predicted octanol–water partition coefficient (Wildman–Crippen LogP) is 2.67. The molecule has 0 spiro atoms. The van der Waals surface area contributed by atoms with Crippen LogP contribution in [0.5, 0.6) is 0 Å². The Bertz CT molecular complexity index is 741. The summed E-state index contributed by atoms with van der Waals surface area (Å²) in [6.07, 6.45) is -1.13. The number of aryl methyl sites for hydroxylation is 1. The molecule has 0 fully saturated rings. The Morgan fingerprint density at radius 2 is 2.09 bits per heavy atom. The monoisotopic (exact) mass is 310 g/mol. The Morgan fingerprint density at radius 3 is 2.86 bits per heavy atom. The van der Waals surface area contributed by atoms with Crippen molar-refractivity contribution in [3.05, 3.63) is 51.7 Å². The highest BCUT2D eigenvalue weighted by atomic mass is 19.4. The molecule has 2 heterocycles. The fourth-order valence-corrected chi connectivity index (χ4v) is 2.59. The highest BCUT2D eigenvalue weighted by Crippen LogP contribution is 2.31. The van der Waals surface area contributed by atoms with E-state index in [0.29, 0.717) is 0 Å². The van der Waals surface area contributed by atoms with Gasteiger partial charge < -0.3 is 10.3 Å². The van der Waals surface area contributed by atoms with Gasteiger partial charge in [-0.2, -0.15) is 13.2 Å². The number of hydrogen-bond donors (Lipinski definition) is 2. The van der Waals surface area contributed by atoms with E-state index in [4.69, 9.17) is 0 Å². The number of nitrogens with zero attached hydrogens (tertiary/aromatic N) is 2. The molecule has 0 unspecified atom stereocenters. The van der Waals surface area contributed by atoms with E-state index in [9.17, 15) is 18.0 Å². The van der Waals surface area contributed by atoms with Crippen LogP contribution in [0.15, 0.2) is 29.2 Å². The molecule has 22 heavy (non-hydrogen) atoms. The number of rotatable bonds is 2. The summed E-state index contributed by atoms with van der Waals surface area (Å²) in [5, 5.41) is 2.92. The first-order valence-corrected chi connectivity index (χ1v) is 6.82. The summed E-state index contributed by atoms with van der Waals surface area (Å²) in [6, 6.07) is 3.71. The molecule has 0 saturated carbocycles. The molecule has 1 atom stereocenters. The average molecular weight is 310 g/mol. The minimum absolute atomic E-state index is 0.0705. The fourth-order valence-electron chi connectivity index (χ4n) is 2.59. The van der Waals surface area contributed by atoms with E-state index in [1.165, 1.54) is 6.07 Å². The zero-order valence-electron chi connectivity index (χ0n) is 11.4. The molecule has 2 aromatic heterocycles. The lowest BCUT2D eigenvalue weighted by Gasteiger charge is -2.26. The molecule has 3 rings (SSSR count). The smallest absolute Gasteiger partial charge is 0.347 e. The van der Waals surface area contributed by atoms with Crippen molar-refractivity contribution < 1.29 is 13.2 Å². The van der Waals surface area contributed by atoms with Gasteiger partial charge in [-0.25, -0.2) is 9.97 Å². The van der Waals surface area contributed by atoms with Gasteiger partial charge in [-0.05, 0) is 37.0 Å². The maximum Gasteiger partial charge on any atom is 0.433 e. The van der Waals surface area contributed by atoms with Crippen molar-refractivity contribution in [2.45, 2.75) is 31.5 Å². The summed E-state index contributed by atoms with van der Waals surface area (Å²) in [7, 11) is 0. The molecular weight excluding hydrogens is 297 g/mol. The summed E-state index contributed by atoms with van der Waals surface area (Å²) in [5.41, 5.74) is 0.507. The number of hydrogen-bond acceptors (Lipinski definition) is 4. The van der Waals surface area contributed by atoms with Crippen molar-refractivity contribution in [1.82, 2.24) is 15.0 Å². The van der Waals surface area contributed by atoms with Crippen LogP contribution in [0.25, 0.3) is 0 Å². The number of alkyl halides is 3. The van der Waals surface area contributed by atoms with E-state index in [2.05, 4.69) is 20.3 Å². The van der Waals surface area contributed by atoms with Gasteiger partial charge in [0, 0.05) is 18.0 Å². The van der Waals surface area contributed by atoms with Crippen molar-refractivity contribution in [2.24, 2.45) is 0 Å². The standard InChI is InChI=1S/C14H13F3N4O/c15-14(16,17)11-6-7-18-13(21-11)20-10-3-1-2-9-8(10)4-5-12(22)19-9/h4-7,10H,1-3H2,(H,19,22)(H,18,20,21)/t10-/m1/s1. The van der Waals surface area contributed by atoms with E-state index in [1.807, 2.05) is 0 Å². The highest BCUT2D eigenvalue weighted by Gasteiger charge is 2.33. The Labute approximate surface area is 123 Å². The van der Waals surface area contributed by atoms with Crippen LogP contribution in [-0.2, 0) is 12.6 Å². The molecule has 8 heteroatoms. The van der Waals surface area contributed by atoms with Crippen LogP contribution in [0.3, 0.4) is 0 Å². The van der Waals surface area contributed by atoms with Crippen LogP contribution >= 0.6 is 0 Å². The van der Waals surface area contributed by atoms with Gasteiger partial charge in [-0.15, -0.1) is 0 Å². The van der Waals surface area contributed by atoms with Crippen molar-refractivity contribution in [3.8, 4) is 0 Å². The van der Waals surface area contributed by atoms with Gasteiger partial charge in [0.2, 0.25) is 11.5 Å². The number of fused-ring (bicyclic) bond motifs is 1. The maximum absolute atomic E-state index is 12.7. The average Bonchev–Trinajstić information content (AvgIpc) is 2.46. The molecule has 0 radical (unpaired) electrons. The molecule has 2 N–H and O–H groups in total. The quantitative estimate of drug-likeness (QED) is 0.894. The van der Waals surface area contributed by atoms with Crippen molar-refractivity contribution in [3.63, 3.8) is 0 Å². The normalized spacial score (nSPS) is 17.9. The van der Waals surface area contributed by atoms with Gasteiger partial charge >= 0.3 is 6.18 Å². The van der Waals surface area contributed by atoms with E-state index < -0.39 is 11.9 Å². The first-order chi connectivity index (χ1) is 10.4. The first-order valence-electron chi connectivity index (χ1n) is 6.82. The number of aromatic amines is 1. The van der Waals surface area contributed by atoms with Crippen LogP contribution < -0.4 is 10.9 Å². The number of pyridine rings is 1. The predicted molar refractivity (Wildman–Crippen MR) is 73.4 cm³/mol. The zero-order chi connectivity index (χ0) is 15.7. The lowest BCUT2D eigenvalue weighted by molar-refractivity contribution is -0.141. The molecule has 5 nitrogen and oxygen atoms in total. The molecule has 116 valence electrons. The molecule has 0 bridgehead atoms. The topological polar surface area (TPSA) is 70.7 Å². The summed E-state index contributed by atoms with van der Waals surface area (Å²) in [4.78, 5) is 21.5. The molecule has 0 aromatic carbocycles. The summed E-state index contributed by atoms with van der Waals surface area (Å²) >= 11 is 0. The Balaban J connectivity index is 1.88. The van der Waals surface area contributed by atoms with Crippen molar-refractivity contribution >= 4 is 5.95 Å². The molecule has 2 aromatic rings. The van der Waals surface area contributed by atoms with E-state index in [-0.39, 0.29) is 17.5 Å². The van der Waals surface area contributed by atoms with E-state index >= 15 is 0 Å². The second kappa shape index (κ2) is 5.43. The number of nitrogens with one attached hydrogen (secondary N) is 2. The third-order valence-electron chi connectivity index (χ3n) is 3.58. The second-order valence-electron chi connectivity index (χ2n) is 5.11. The lowest BCUT2D eigenvalue weighted by Crippen LogP contribution is -2.22. The third kappa shape index (κ3) is 2.95. The Morgan fingerprint density at radius 1 is 1.27 bits per heavy atom. The maximum atomic E-state index is 12.7. The summed E-state index contributed by atoms with van der Waals surface area (Å²) in [5.74, 6) is -0.0705. The third-order valence-corrected chi connectivity index (χ3v) is 3.58. The minimum atomic E-state index is -4.50. The molecule has 1 aliphatic rings. The molecule has 1 aliphatic carbocycles. The highest BCUT2D eigenvalue weighted by molar-refractivity contribution is 5.36. The Kier molecular flexibility index (Phi) is 3.59. The first kappa shape index (κ1) is 14.6. The van der Waals surface area contributed by atoms with E-state index in [1.54, 1.807) is 6.07 Å². The second-order valence-corrected chi connectivity index (χ2v) is 5.11. The van der Waals surface area contributed by atoms with Gasteiger partial charge in [0.25, 0.3) is 0 Å². The number of H-pyrrole nitrogens is 1. The molecule has 0 saturated heterocycles. The van der Waals surface area contributed by atoms with Crippen LogP contribution in [0, 0.1) is 0 Å². The SMILES string of the molecule is O=c1ccc2c([nH]1)CCC[C@H]2Nc1nccc(C(F)(F)F)n1. The van der Waals surface area contributed by atoms with Gasteiger partial charge in [0.05, 0.1) is 6.04 Å². The molecule has 0 amide bonds. The molecular formula is C14H13F3N4O. The largest absolute Gasteiger partial charge is 0.433 e. The van der Waals surface area contributed by atoms with E-state index in [0.717, 1.165) is 42.8 Å². The summed E-state index contributed by atoms with van der Waals surface area (Å²) in [6.45, 7) is 0. The van der Waals surface area contributed by atoms with Gasteiger partial charge in [-0.1, -0.05) is 0 Å². The summed E-state index contributed by atoms with van der Waals surface area (Å²) < 4.78 is 38.0. The minimum Gasteiger partial charge on any atom is -0.347 e. The zero-order valence-corrected chi connectivity index (χ0v) is 11.4. The van der Waals surface area contributed by atoms with Crippen LogP contribution in [0.4, 0.5) is 19.1 Å². The lowest BCUT2D eigenvalue weighted by atomic mass is 9.91. The van der Waals surface area contributed by atoms with Crippen molar-refractivity contribution in [2.75, 3.05) is 5.32 Å².